The molecule has 0 heterocycles. The molecule has 0 bridgehead atoms. The van der Waals surface area contributed by atoms with Crippen LogP contribution < -0.4 is 10.2 Å². The number of benzene rings is 1. The number of hydroxylamine groups is 1. The van der Waals surface area contributed by atoms with E-state index in [0.29, 0.717) is 12.6 Å². The maximum absolute atomic E-state index is 5.88. The van der Waals surface area contributed by atoms with Crippen LogP contribution in [-0.2, 0) is 11.4 Å². The van der Waals surface area contributed by atoms with Crippen LogP contribution in [0.25, 0.3) is 0 Å². The molecule has 1 N–H and O–H groups in total. The molecule has 1 aliphatic rings. The molecule has 0 atom stereocenters. The number of hydrogen-bond acceptors (Lipinski definition) is 3. The lowest BCUT2D eigenvalue weighted by molar-refractivity contribution is 0.0829. The summed E-state index contributed by atoms with van der Waals surface area (Å²) in [6.45, 7) is 0.680. The molecule has 1 aromatic rings. The van der Waals surface area contributed by atoms with E-state index in [2.05, 4.69) is 11.5 Å². The lowest BCUT2D eigenvalue weighted by atomic mass is 9.96. The summed E-state index contributed by atoms with van der Waals surface area (Å²) in [5, 5.41) is 0. The predicted octanol–water partition coefficient (Wildman–Crippen LogP) is 2.27. The van der Waals surface area contributed by atoms with Crippen LogP contribution in [0.15, 0.2) is 24.3 Å². The van der Waals surface area contributed by atoms with E-state index < -0.39 is 0 Å². The van der Waals surface area contributed by atoms with Gasteiger partial charge in [-0.3, -0.25) is 0 Å². The number of ether oxygens (including phenoxy) is 1. The average molecular weight is 207 g/mol. The van der Waals surface area contributed by atoms with Crippen molar-refractivity contribution in [2.45, 2.75) is 31.9 Å². The van der Waals surface area contributed by atoms with Crippen LogP contribution in [0.1, 0.15) is 24.8 Å². The number of para-hydroxylation sites is 1. The lowest BCUT2D eigenvalue weighted by Gasteiger charge is -2.27. The summed E-state index contributed by atoms with van der Waals surface area (Å²) in [4.78, 5) is 4.84. The van der Waals surface area contributed by atoms with Crippen molar-refractivity contribution in [2.75, 3.05) is 7.11 Å². The molecule has 2 rings (SSSR count). The van der Waals surface area contributed by atoms with E-state index in [9.17, 15) is 0 Å². The Morgan fingerprint density at radius 3 is 2.80 bits per heavy atom. The summed E-state index contributed by atoms with van der Waals surface area (Å²) in [5.74, 6) is 0.978. The molecule has 1 aromatic carbocycles. The zero-order valence-corrected chi connectivity index (χ0v) is 9.03. The van der Waals surface area contributed by atoms with Crippen LogP contribution in [-0.4, -0.2) is 13.2 Å². The highest BCUT2D eigenvalue weighted by atomic mass is 16.6. The fourth-order valence-corrected chi connectivity index (χ4v) is 1.58. The van der Waals surface area contributed by atoms with E-state index in [0.717, 1.165) is 11.3 Å². The molecule has 3 heteroatoms. The Kier molecular flexibility index (Phi) is 3.59. The van der Waals surface area contributed by atoms with Crippen molar-refractivity contribution in [1.29, 1.82) is 0 Å². The van der Waals surface area contributed by atoms with Gasteiger partial charge in [0.25, 0.3) is 0 Å². The molecular weight excluding hydrogens is 190 g/mol. The van der Waals surface area contributed by atoms with E-state index >= 15 is 0 Å². The van der Waals surface area contributed by atoms with Crippen molar-refractivity contribution in [1.82, 2.24) is 5.48 Å². The Hall–Kier alpha value is -1.06. The van der Waals surface area contributed by atoms with Gasteiger partial charge in [-0.1, -0.05) is 18.2 Å². The first-order valence-electron chi connectivity index (χ1n) is 5.40. The number of nitrogens with one attached hydrogen (secondary N) is 1. The molecule has 1 fully saturated rings. The van der Waals surface area contributed by atoms with Gasteiger partial charge in [0.1, 0.15) is 5.75 Å². The van der Waals surface area contributed by atoms with Gasteiger partial charge in [-0.25, -0.2) is 0 Å². The van der Waals surface area contributed by atoms with Gasteiger partial charge < -0.3 is 9.57 Å². The molecule has 82 valence electrons. The highest BCUT2D eigenvalue weighted by Crippen LogP contribution is 2.27. The van der Waals surface area contributed by atoms with Gasteiger partial charge in [-0.2, -0.15) is 5.48 Å². The number of rotatable bonds is 5. The van der Waals surface area contributed by atoms with Gasteiger partial charge in [0.05, 0.1) is 13.2 Å². The second kappa shape index (κ2) is 5.14. The minimum atomic E-state index is 0.425. The van der Waals surface area contributed by atoms with E-state index in [4.69, 9.17) is 9.57 Å². The molecule has 0 aromatic heterocycles. The first-order valence-corrected chi connectivity index (χ1v) is 5.40. The third kappa shape index (κ3) is 2.70. The van der Waals surface area contributed by atoms with Crippen molar-refractivity contribution in [3.8, 4) is 5.75 Å². The summed E-state index contributed by atoms with van der Waals surface area (Å²) < 4.78 is 5.88. The van der Waals surface area contributed by atoms with E-state index in [1.165, 1.54) is 19.3 Å². The van der Waals surface area contributed by atoms with Crippen molar-refractivity contribution in [3.05, 3.63) is 29.8 Å². The summed E-state index contributed by atoms with van der Waals surface area (Å²) in [7, 11) is 1.62. The van der Waals surface area contributed by atoms with E-state index in [1.807, 2.05) is 18.2 Å². The van der Waals surface area contributed by atoms with Crippen LogP contribution >= 0.6 is 0 Å². The highest BCUT2D eigenvalue weighted by molar-refractivity contribution is 5.33. The Morgan fingerprint density at radius 2 is 2.13 bits per heavy atom. The van der Waals surface area contributed by atoms with Gasteiger partial charge >= 0.3 is 0 Å². The molecule has 1 aliphatic carbocycles. The lowest BCUT2D eigenvalue weighted by Crippen LogP contribution is -2.25. The molecule has 1 saturated carbocycles. The molecule has 0 radical (unpaired) electrons. The average Bonchev–Trinajstić information content (AvgIpc) is 2.22. The maximum Gasteiger partial charge on any atom is 0.124 e. The van der Waals surface area contributed by atoms with E-state index in [1.54, 1.807) is 7.11 Å². The second-order valence-electron chi connectivity index (χ2n) is 3.80. The summed E-state index contributed by atoms with van der Waals surface area (Å²) in [6.07, 6.45) is 4.09. The van der Waals surface area contributed by atoms with Gasteiger partial charge in [0.15, 0.2) is 0 Å². The Balaban J connectivity index is 1.99. The fourth-order valence-electron chi connectivity index (χ4n) is 1.58. The SMILES string of the molecule is CONCc1ccccc1OC1CCC1. The third-order valence-electron chi connectivity index (χ3n) is 2.73. The monoisotopic (exact) mass is 207 g/mol. The topological polar surface area (TPSA) is 30.5 Å². The summed E-state index contributed by atoms with van der Waals surface area (Å²) in [5.41, 5.74) is 3.98. The normalized spacial score (nSPS) is 16.1. The van der Waals surface area contributed by atoms with Crippen LogP contribution in [0.3, 0.4) is 0 Å². The highest BCUT2D eigenvalue weighted by Gasteiger charge is 2.19. The minimum Gasteiger partial charge on any atom is -0.490 e. The fraction of sp³-hybridized carbons (Fsp3) is 0.500. The smallest absolute Gasteiger partial charge is 0.124 e. The Morgan fingerprint density at radius 1 is 1.33 bits per heavy atom. The van der Waals surface area contributed by atoms with Crippen molar-refractivity contribution < 1.29 is 9.57 Å². The molecule has 15 heavy (non-hydrogen) atoms. The molecule has 0 saturated heterocycles. The van der Waals surface area contributed by atoms with Crippen LogP contribution in [0.4, 0.5) is 0 Å². The molecule has 0 spiro atoms. The molecule has 0 amide bonds. The summed E-state index contributed by atoms with van der Waals surface area (Å²) >= 11 is 0. The van der Waals surface area contributed by atoms with Gasteiger partial charge in [-0.15, -0.1) is 0 Å². The van der Waals surface area contributed by atoms with Gasteiger partial charge in [-0.05, 0) is 25.3 Å². The Bertz CT molecular complexity index is 310. The zero-order chi connectivity index (χ0) is 10.5. The van der Waals surface area contributed by atoms with E-state index in [-0.39, 0.29) is 0 Å². The van der Waals surface area contributed by atoms with Gasteiger partial charge in [0, 0.05) is 12.1 Å². The third-order valence-corrected chi connectivity index (χ3v) is 2.73. The summed E-state index contributed by atoms with van der Waals surface area (Å²) in [6, 6.07) is 8.09. The molecule has 0 unspecified atom stereocenters. The van der Waals surface area contributed by atoms with Crippen molar-refractivity contribution in [3.63, 3.8) is 0 Å². The van der Waals surface area contributed by atoms with Gasteiger partial charge in [0.2, 0.25) is 0 Å². The molecule has 0 aliphatic heterocycles. The minimum absolute atomic E-state index is 0.425. The number of hydrogen-bond donors (Lipinski definition) is 1. The molecule has 3 nitrogen and oxygen atoms in total. The maximum atomic E-state index is 5.88. The Labute approximate surface area is 90.3 Å². The second-order valence-corrected chi connectivity index (χ2v) is 3.80. The van der Waals surface area contributed by atoms with Crippen LogP contribution in [0, 0.1) is 0 Å². The van der Waals surface area contributed by atoms with Crippen molar-refractivity contribution >= 4 is 0 Å². The first kappa shape index (κ1) is 10.5. The quantitative estimate of drug-likeness (QED) is 0.751. The standard InChI is InChI=1S/C12H17NO2/c1-14-13-9-10-5-2-3-8-12(10)15-11-6-4-7-11/h2-3,5,8,11,13H,4,6-7,9H2,1H3. The largest absolute Gasteiger partial charge is 0.490 e. The first-order chi connectivity index (χ1) is 7.40. The van der Waals surface area contributed by atoms with Crippen molar-refractivity contribution in [2.24, 2.45) is 0 Å². The predicted molar refractivity (Wildman–Crippen MR) is 58.6 cm³/mol. The molecular formula is C12H17NO2. The van der Waals surface area contributed by atoms with Crippen LogP contribution in [0.2, 0.25) is 0 Å². The van der Waals surface area contributed by atoms with Crippen LogP contribution in [0.5, 0.6) is 5.75 Å². The zero-order valence-electron chi connectivity index (χ0n) is 9.03.